The van der Waals surface area contributed by atoms with Crippen LogP contribution in [0.1, 0.15) is 41.9 Å². The normalized spacial score (nSPS) is 29.4. The number of aryl methyl sites for hydroxylation is 1. The molecule has 0 spiro atoms. The van der Waals surface area contributed by atoms with E-state index < -0.39 is 10.1 Å². The van der Waals surface area contributed by atoms with Gasteiger partial charge in [0.1, 0.15) is 15.9 Å². The van der Waals surface area contributed by atoms with Crippen LogP contribution in [0.25, 0.3) is 0 Å². The van der Waals surface area contributed by atoms with Crippen LogP contribution in [0.4, 0.5) is 0 Å². The lowest BCUT2D eigenvalue weighted by molar-refractivity contribution is -0.927. The third-order valence-corrected chi connectivity index (χ3v) is 7.99. The van der Waals surface area contributed by atoms with Gasteiger partial charge in [-0.05, 0) is 54.7 Å². The van der Waals surface area contributed by atoms with Crippen LogP contribution in [0.5, 0.6) is 5.75 Å². The smallest absolute Gasteiger partial charge is 0.124 e. The van der Waals surface area contributed by atoms with Crippen LogP contribution in [0.3, 0.4) is 0 Å². The van der Waals surface area contributed by atoms with Gasteiger partial charge in [0.15, 0.2) is 0 Å². The van der Waals surface area contributed by atoms with E-state index in [9.17, 15) is 13.0 Å². The van der Waals surface area contributed by atoms with E-state index in [2.05, 4.69) is 25.2 Å². The quantitative estimate of drug-likeness (QED) is 0.764. The predicted molar refractivity (Wildman–Crippen MR) is 110 cm³/mol. The van der Waals surface area contributed by atoms with Crippen molar-refractivity contribution >= 4 is 10.1 Å². The van der Waals surface area contributed by atoms with Gasteiger partial charge in [-0.25, -0.2) is 8.42 Å². The van der Waals surface area contributed by atoms with Crippen molar-refractivity contribution in [3.05, 3.63) is 59.2 Å². The van der Waals surface area contributed by atoms with Crippen molar-refractivity contribution in [3.63, 3.8) is 0 Å². The van der Waals surface area contributed by atoms with Crippen molar-refractivity contribution in [2.24, 2.45) is 5.92 Å². The Labute approximate surface area is 173 Å². The number of fused-ring (bicyclic) bond motifs is 6. The first-order chi connectivity index (χ1) is 13.8. The average Bonchev–Trinajstić information content (AvgIpc) is 3.16. The summed E-state index contributed by atoms with van der Waals surface area (Å²) in [7, 11) is -0.0833. The minimum absolute atomic E-state index is 0.178. The van der Waals surface area contributed by atoms with Gasteiger partial charge in [0, 0.05) is 25.2 Å². The van der Waals surface area contributed by atoms with Crippen LogP contribution in [0, 0.1) is 12.8 Å². The van der Waals surface area contributed by atoms with Gasteiger partial charge in [0.25, 0.3) is 0 Å². The van der Waals surface area contributed by atoms with E-state index in [0.29, 0.717) is 0 Å². The van der Waals surface area contributed by atoms with Gasteiger partial charge < -0.3 is 14.2 Å². The van der Waals surface area contributed by atoms with Gasteiger partial charge in [-0.1, -0.05) is 23.8 Å². The van der Waals surface area contributed by atoms with Crippen molar-refractivity contribution in [3.8, 4) is 5.75 Å². The predicted octanol–water partition coefficient (Wildman–Crippen LogP) is 2.30. The summed E-state index contributed by atoms with van der Waals surface area (Å²) in [6.07, 6.45) is 5.59. The average molecular weight is 416 g/mol. The number of hydrogen-bond acceptors (Lipinski definition) is 4. The van der Waals surface area contributed by atoms with E-state index >= 15 is 0 Å². The first-order valence-electron chi connectivity index (χ1n) is 10.3. The largest absolute Gasteiger partial charge is 0.744 e. The minimum Gasteiger partial charge on any atom is -0.744 e. The zero-order valence-electron chi connectivity index (χ0n) is 17.2. The molecule has 2 heterocycles. The molecule has 2 saturated heterocycles. The molecule has 2 aliphatic heterocycles. The Morgan fingerprint density at radius 3 is 2.48 bits per heavy atom. The molecule has 6 heteroatoms. The number of hydrogen-bond donors (Lipinski definition) is 1. The molecule has 0 saturated carbocycles. The molecule has 5 atom stereocenters. The van der Waals surface area contributed by atoms with Crippen LogP contribution in [0.15, 0.2) is 47.4 Å². The van der Waals surface area contributed by atoms with Crippen molar-refractivity contribution < 1.29 is 22.6 Å². The summed E-state index contributed by atoms with van der Waals surface area (Å²) < 4.78 is 36.5. The highest BCUT2D eigenvalue weighted by Crippen LogP contribution is 2.47. The number of benzene rings is 2. The number of methoxy groups -OCH3 is 1. The second-order valence-corrected chi connectivity index (χ2v) is 10.0. The van der Waals surface area contributed by atoms with E-state index in [1.807, 2.05) is 11.8 Å². The zero-order valence-corrected chi connectivity index (χ0v) is 18.0. The Kier molecular flexibility index (Phi) is 5.44. The number of quaternary nitrogens is 1. The molecule has 156 valence electrons. The Morgan fingerprint density at radius 1 is 1.10 bits per heavy atom. The van der Waals surface area contributed by atoms with Gasteiger partial charge in [-0.2, -0.15) is 0 Å². The SMILES string of the molecule is COc1ccc2c(c1)CC1C2CC2CCC1[NH+]2C.Cc1ccc(S(=O)(=O)[O-])cc1. The van der Waals surface area contributed by atoms with E-state index in [1.165, 1.54) is 37.8 Å². The summed E-state index contributed by atoms with van der Waals surface area (Å²) in [6, 6.07) is 14.4. The number of nitrogens with one attached hydrogen (secondary N) is 1. The fraction of sp³-hybridized carbons (Fsp3) is 0.478. The third-order valence-electron chi connectivity index (χ3n) is 7.14. The van der Waals surface area contributed by atoms with Gasteiger partial charge in [0.05, 0.1) is 31.1 Å². The third kappa shape index (κ3) is 3.93. The lowest BCUT2D eigenvalue weighted by Gasteiger charge is -2.37. The molecule has 29 heavy (non-hydrogen) atoms. The molecule has 5 unspecified atom stereocenters. The first kappa shape index (κ1) is 20.4. The fourth-order valence-electron chi connectivity index (χ4n) is 5.60. The summed E-state index contributed by atoms with van der Waals surface area (Å²) in [5.74, 6) is 2.76. The van der Waals surface area contributed by atoms with Gasteiger partial charge in [-0.3, -0.25) is 0 Å². The molecule has 2 aromatic carbocycles. The van der Waals surface area contributed by atoms with Crippen LogP contribution < -0.4 is 9.64 Å². The maximum Gasteiger partial charge on any atom is 0.124 e. The molecular weight excluding hydrogens is 386 g/mol. The lowest BCUT2D eigenvalue weighted by Crippen LogP contribution is -3.16. The van der Waals surface area contributed by atoms with Gasteiger partial charge in [-0.15, -0.1) is 0 Å². The van der Waals surface area contributed by atoms with Crippen LogP contribution in [-0.4, -0.2) is 39.2 Å². The summed E-state index contributed by atoms with van der Waals surface area (Å²) in [6.45, 7) is 1.82. The second kappa shape index (κ2) is 7.74. The Morgan fingerprint density at radius 2 is 1.83 bits per heavy atom. The molecule has 2 aromatic rings. The molecule has 3 aliphatic rings. The molecule has 5 rings (SSSR count). The highest BCUT2D eigenvalue weighted by Gasteiger charge is 2.52. The van der Waals surface area contributed by atoms with Crippen LogP contribution >= 0.6 is 0 Å². The Hall–Kier alpha value is -1.89. The Balaban J connectivity index is 0.000000161. The second-order valence-electron chi connectivity index (χ2n) is 8.67. The summed E-state index contributed by atoms with van der Waals surface area (Å²) in [5, 5.41) is 0. The monoisotopic (exact) mass is 415 g/mol. The maximum absolute atomic E-state index is 10.4. The molecule has 0 aromatic heterocycles. The van der Waals surface area contributed by atoms with E-state index in [1.54, 1.807) is 30.4 Å². The fourth-order valence-corrected chi connectivity index (χ4v) is 6.07. The van der Waals surface area contributed by atoms with E-state index in [0.717, 1.165) is 35.2 Å². The molecule has 0 radical (unpaired) electrons. The first-order valence-corrected chi connectivity index (χ1v) is 11.7. The summed E-state index contributed by atoms with van der Waals surface area (Å²) >= 11 is 0. The summed E-state index contributed by atoms with van der Waals surface area (Å²) in [4.78, 5) is 1.64. The molecule has 5 nitrogen and oxygen atoms in total. The van der Waals surface area contributed by atoms with Crippen molar-refractivity contribution in [2.45, 2.75) is 55.5 Å². The van der Waals surface area contributed by atoms with Crippen molar-refractivity contribution in [1.29, 1.82) is 0 Å². The topological polar surface area (TPSA) is 70.9 Å². The molecule has 1 aliphatic carbocycles. The van der Waals surface area contributed by atoms with Gasteiger partial charge >= 0.3 is 0 Å². The standard InChI is InChI=1S/C16H21NO.C7H8O3S/c1-17-11-3-6-16(17)15-8-10-7-12(18-2)4-5-13(10)14(15)9-11;1-6-2-4-7(5-3-6)11(8,9)10/h4-5,7,11,14-16H,3,6,8-9H2,1-2H3;2-5H,1H3,(H,8,9,10). The van der Waals surface area contributed by atoms with E-state index in [-0.39, 0.29) is 4.90 Å². The number of piperidine rings is 1. The highest BCUT2D eigenvalue weighted by molar-refractivity contribution is 7.85. The van der Waals surface area contributed by atoms with Gasteiger partial charge in [0.2, 0.25) is 0 Å². The van der Waals surface area contributed by atoms with Crippen molar-refractivity contribution in [2.75, 3.05) is 14.2 Å². The minimum atomic E-state index is -4.27. The maximum atomic E-state index is 10.4. The van der Waals surface area contributed by atoms with Crippen LogP contribution in [-0.2, 0) is 16.5 Å². The van der Waals surface area contributed by atoms with E-state index in [4.69, 9.17) is 4.74 Å². The Bertz CT molecular complexity index is 986. The zero-order chi connectivity index (χ0) is 20.8. The number of rotatable bonds is 2. The number of ether oxygens (including phenoxy) is 1. The molecule has 2 fully saturated rings. The van der Waals surface area contributed by atoms with Crippen molar-refractivity contribution in [1.82, 2.24) is 0 Å². The molecule has 2 bridgehead atoms. The highest BCUT2D eigenvalue weighted by atomic mass is 32.2. The van der Waals surface area contributed by atoms with Crippen LogP contribution in [0.2, 0.25) is 0 Å². The molecule has 1 N–H and O–H groups in total. The lowest BCUT2D eigenvalue weighted by atomic mass is 9.81. The summed E-state index contributed by atoms with van der Waals surface area (Å²) in [5.41, 5.74) is 4.12. The molecular formula is C23H29NO4S. The molecule has 0 amide bonds.